The van der Waals surface area contributed by atoms with Gasteiger partial charge in [0.2, 0.25) is 0 Å². The number of urea groups is 1. The number of carboxylic acid groups (broad SMARTS) is 1. The fraction of sp³-hybridized carbons (Fsp3) is 0.100. The van der Waals surface area contributed by atoms with Gasteiger partial charge in [-0.25, -0.2) is 14.5 Å². The van der Waals surface area contributed by atoms with Crippen molar-refractivity contribution >= 4 is 58.8 Å². The van der Waals surface area contributed by atoms with E-state index >= 15 is 0 Å². The summed E-state index contributed by atoms with van der Waals surface area (Å²) in [6, 6.07) is 9.47. The van der Waals surface area contributed by atoms with Crippen molar-refractivity contribution in [3.8, 4) is 5.75 Å². The molecule has 0 aliphatic carbocycles. The number of para-hydroxylation sites is 1. The molecule has 1 atom stereocenters. The second kappa shape index (κ2) is 8.56. The number of carbonyl (C=O) groups excluding carboxylic acids is 3. The molecule has 1 aliphatic heterocycles. The van der Waals surface area contributed by atoms with Crippen molar-refractivity contribution in [3.05, 3.63) is 63.6 Å². The molecule has 4 amide bonds. The highest BCUT2D eigenvalue weighted by atomic mass is 35.5. The van der Waals surface area contributed by atoms with Crippen LogP contribution in [0.25, 0.3) is 6.08 Å². The Labute approximate surface area is 180 Å². The number of nitrogens with one attached hydrogen (secondary N) is 1. The van der Waals surface area contributed by atoms with Gasteiger partial charge in [0.05, 0.1) is 15.7 Å². The molecule has 1 fully saturated rings. The van der Waals surface area contributed by atoms with Crippen LogP contribution in [0.5, 0.6) is 5.75 Å². The van der Waals surface area contributed by atoms with Crippen molar-refractivity contribution in [2.24, 2.45) is 0 Å². The molecule has 1 saturated heterocycles. The lowest BCUT2D eigenvalue weighted by Crippen LogP contribution is -2.54. The van der Waals surface area contributed by atoms with Crippen LogP contribution in [0.3, 0.4) is 0 Å². The van der Waals surface area contributed by atoms with Gasteiger partial charge in [-0.1, -0.05) is 41.4 Å². The number of carboxylic acids is 1. The predicted octanol–water partition coefficient (Wildman–Crippen LogP) is 3.51. The van der Waals surface area contributed by atoms with Crippen LogP contribution in [0.4, 0.5) is 10.5 Å². The van der Waals surface area contributed by atoms with Crippen LogP contribution in [0.1, 0.15) is 12.5 Å². The Kier molecular flexibility index (Phi) is 6.09. The van der Waals surface area contributed by atoms with E-state index in [2.05, 4.69) is 5.32 Å². The van der Waals surface area contributed by atoms with E-state index in [1.54, 1.807) is 12.1 Å². The van der Waals surface area contributed by atoms with Crippen LogP contribution in [0.2, 0.25) is 10.0 Å². The molecule has 1 aliphatic rings. The number of rotatable bonds is 5. The van der Waals surface area contributed by atoms with E-state index in [-0.39, 0.29) is 32.6 Å². The summed E-state index contributed by atoms with van der Waals surface area (Å²) in [6.45, 7) is 1.34. The number of halogens is 2. The van der Waals surface area contributed by atoms with Gasteiger partial charge in [-0.05, 0) is 37.3 Å². The third kappa shape index (κ3) is 4.29. The van der Waals surface area contributed by atoms with Crippen molar-refractivity contribution < 1.29 is 29.0 Å². The van der Waals surface area contributed by atoms with Crippen LogP contribution in [-0.4, -0.2) is 35.0 Å². The molecule has 30 heavy (non-hydrogen) atoms. The van der Waals surface area contributed by atoms with Crippen LogP contribution in [0, 0.1) is 0 Å². The summed E-state index contributed by atoms with van der Waals surface area (Å²) in [7, 11) is 0. The zero-order valence-electron chi connectivity index (χ0n) is 15.4. The Morgan fingerprint density at radius 3 is 2.50 bits per heavy atom. The lowest BCUT2D eigenvalue weighted by molar-refractivity contribution is -0.144. The summed E-state index contributed by atoms with van der Waals surface area (Å²) in [5.41, 5.74) is 0.0570. The molecule has 2 aromatic rings. The first-order chi connectivity index (χ1) is 14.2. The molecule has 0 saturated carbocycles. The largest absolute Gasteiger partial charge is 0.479 e. The van der Waals surface area contributed by atoms with Crippen molar-refractivity contribution in [1.29, 1.82) is 0 Å². The molecule has 154 valence electrons. The van der Waals surface area contributed by atoms with Crippen molar-refractivity contribution in [3.63, 3.8) is 0 Å². The number of hydrogen-bond donors (Lipinski definition) is 2. The molecular weight excluding hydrogens is 435 g/mol. The van der Waals surface area contributed by atoms with Gasteiger partial charge in [0.1, 0.15) is 11.3 Å². The molecule has 0 aromatic heterocycles. The minimum Gasteiger partial charge on any atom is -0.479 e. The van der Waals surface area contributed by atoms with Crippen LogP contribution in [-0.2, 0) is 14.4 Å². The van der Waals surface area contributed by atoms with Gasteiger partial charge in [0.15, 0.2) is 6.10 Å². The third-order valence-corrected chi connectivity index (χ3v) is 4.87. The molecule has 3 rings (SSSR count). The second-order valence-electron chi connectivity index (χ2n) is 6.19. The number of imide groups is 2. The lowest BCUT2D eigenvalue weighted by Gasteiger charge is -2.26. The fourth-order valence-corrected chi connectivity index (χ4v) is 2.91. The van der Waals surface area contributed by atoms with E-state index in [0.29, 0.717) is 0 Å². The Morgan fingerprint density at radius 1 is 1.13 bits per heavy atom. The van der Waals surface area contributed by atoms with Gasteiger partial charge in [0, 0.05) is 5.56 Å². The van der Waals surface area contributed by atoms with Crippen LogP contribution >= 0.6 is 23.2 Å². The number of ether oxygens (including phenoxy) is 1. The lowest BCUT2D eigenvalue weighted by atomic mass is 10.1. The standard InChI is InChI=1S/C20H14Cl2N2O6/c1-10(19(27)28)30-16-5-3-2-4-11(16)8-13-17(25)23-20(29)24(18(13)26)12-6-7-14(21)15(22)9-12/h2-10H,1H3,(H,27,28)(H,23,25,29)/b13-8+/t10-/m1/s1. The van der Waals surface area contributed by atoms with Gasteiger partial charge in [-0.2, -0.15) is 0 Å². The molecule has 2 N–H and O–H groups in total. The maximum atomic E-state index is 13.0. The first-order valence-electron chi connectivity index (χ1n) is 8.54. The van der Waals surface area contributed by atoms with Gasteiger partial charge in [-0.15, -0.1) is 0 Å². The average molecular weight is 449 g/mol. The zero-order chi connectivity index (χ0) is 22.0. The van der Waals surface area contributed by atoms with Gasteiger partial charge in [-0.3, -0.25) is 14.9 Å². The average Bonchev–Trinajstić information content (AvgIpc) is 2.68. The van der Waals surface area contributed by atoms with Crippen molar-refractivity contribution in [2.75, 3.05) is 4.90 Å². The summed E-state index contributed by atoms with van der Waals surface area (Å²) in [6.07, 6.45) is 0.0631. The van der Waals surface area contributed by atoms with Crippen LogP contribution < -0.4 is 15.0 Å². The molecule has 0 radical (unpaired) electrons. The Morgan fingerprint density at radius 2 is 1.83 bits per heavy atom. The zero-order valence-corrected chi connectivity index (χ0v) is 16.9. The molecular formula is C20H14Cl2N2O6. The quantitative estimate of drug-likeness (QED) is 0.534. The molecule has 8 nitrogen and oxygen atoms in total. The molecule has 0 spiro atoms. The highest BCUT2D eigenvalue weighted by molar-refractivity contribution is 6.43. The number of hydrogen-bond acceptors (Lipinski definition) is 5. The van der Waals surface area contributed by atoms with Crippen molar-refractivity contribution in [2.45, 2.75) is 13.0 Å². The Bertz CT molecular complexity index is 1100. The number of nitrogens with zero attached hydrogens (tertiary/aromatic N) is 1. The molecule has 0 unspecified atom stereocenters. The maximum Gasteiger partial charge on any atom is 0.344 e. The van der Waals surface area contributed by atoms with Crippen LogP contribution in [0.15, 0.2) is 48.0 Å². The first kappa shape index (κ1) is 21.4. The summed E-state index contributed by atoms with van der Waals surface area (Å²) in [5.74, 6) is -2.82. The molecule has 10 heteroatoms. The summed E-state index contributed by atoms with van der Waals surface area (Å²) < 4.78 is 5.38. The van der Waals surface area contributed by atoms with E-state index in [0.717, 1.165) is 4.90 Å². The van der Waals surface area contributed by atoms with E-state index in [1.165, 1.54) is 43.3 Å². The van der Waals surface area contributed by atoms with E-state index in [1.807, 2.05) is 0 Å². The number of barbiturate groups is 1. The van der Waals surface area contributed by atoms with E-state index in [9.17, 15) is 19.2 Å². The third-order valence-electron chi connectivity index (χ3n) is 4.13. The summed E-state index contributed by atoms with van der Waals surface area (Å²) in [5, 5.41) is 11.5. The highest BCUT2D eigenvalue weighted by Gasteiger charge is 2.37. The maximum absolute atomic E-state index is 13.0. The topological polar surface area (TPSA) is 113 Å². The highest BCUT2D eigenvalue weighted by Crippen LogP contribution is 2.30. The normalized spacial score (nSPS) is 16.4. The number of aliphatic carboxylic acids is 1. The second-order valence-corrected chi connectivity index (χ2v) is 7.01. The predicted molar refractivity (Wildman–Crippen MR) is 110 cm³/mol. The molecule has 1 heterocycles. The van der Waals surface area contributed by atoms with E-state index < -0.39 is 29.9 Å². The number of anilines is 1. The number of carbonyl (C=O) groups is 4. The minimum atomic E-state index is -1.18. The molecule has 0 bridgehead atoms. The summed E-state index contributed by atoms with van der Waals surface area (Å²) in [4.78, 5) is 49.4. The SMILES string of the molecule is C[C@@H](Oc1ccccc1/C=C1\C(=O)NC(=O)N(c2ccc(Cl)c(Cl)c2)C1=O)C(=O)O. The summed E-state index contributed by atoms with van der Waals surface area (Å²) >= 11 is 11.8. The van der Waals surface area contributed by atoms with Gasteiger partial charge in [0.25, 0.3) is 11.8 Å². The minimum absolute atomic E-state index is 0.120. The van der Waals surface area contributed by atoms with Crippen molar-refractivity contribution in [1.82, 2.24) is 5.32 Å². The van der Waals surface area contributed by atoms with Gasteiger partial charge < -0.3 is 9.84 Å². The Hall–Kier alpha value is -3.36. The Balaban J connectivity index is 2.01. The number of benzene rings is 2. The fourth-order valence-electron chi connectivity index (χ4n) is 2.62. The van der Waals surface area contributed by atoms with Gasteiger partial charge >= 0.3 is 12.0 Å². The van der Waals surface area contributed by atoms with E-state index in [4.69, 9.17) is 33.0 Å². The first-order valence-corrected chi connectivity index (χ1v) is 9.29. The molecule has 2 aromatic carbocycles. The number of amides is 4. The smallest absolute Gasteiger partial charge is 0.344 e. The monoisotopic (exact) mass is 448 g/mol.